The second kappa shape index (κ2) is 8.70. The van der Waals surface area contributed by atoms with Crippen LogP contribution in [0, 0.1) is 0 Å². The van der Waals surface area contributed by atoms with E-state index < -0.39 is 20.0 Å². The molecule has 2 aromatic rings. The number of anilines is 1. The van der Waals surface area contributed by atoms with Crippen LogP contribution in [0.25, 0.3) is 0 Å². The molecule has 1 atom stereocenters. The van der Waals surface area contributed by atoms with Crippen LogP contribution in [0.1, 0.15) is 12.8 Å². The Bertz CT molecular complexity index is 1050. The van der Waals surface area contributed by atoms with E-state index in [9.17, 15) is 16.8 Å². The van der Waals surface area contributed by atoms with Crippen molar-refractivity contribution in [1.82, 2.24) is 4.72 Å². The lowest BCUT2D eigenvalue weighted by Gasteiger charge is -2.22. The highest BCUT2D eigenvalue weighted by Gasteiger charge is 2.26. The molecule has 1 aliphatic rings. The van der Waals surface area contributed by atoms with Crippen LogP contribution in [0.15, 0.2) is 58.3 Å². The largest absolute Gasteiger partial charge is 0.495 e. The topological polar surface area (TPSA) is 102 Å². The average molecular weight is 441 g/mol. The molecule has 158 valence electrons. The summed E-state index contributed by atoms with van der Waals surface area (Å²) in [5.74, 6) is 0.241. The SMILES string of the molecule is COc1ccc(S(=O)(=O)NC[C@@H]2CCCO2)cc1N(C)S(=O)(=O)c1ccccc1. The highest BCUT2D eigenvalue weighted by Crippen LogP contribution is 2.33. The lowest BCUT2D eigenvalue weighted by atomic mass is 10.2. The minimum absolute atomic E-state index is 0.0543. The summed E-state index contributed by atoms with van der Waals surface area (Å²) in [4.78, 5) is 0.0377. The average Bonchev–Trinajstić information content (AvgIpc) is 3.25. The van der Waals surface area contributed by atoms with E-state index >= 15 is 0 Å². The molecule has 3 rings (SSSR count). The van der Waals surface area contributed by atoms with Crippen LogP contribution in [0.4, 0.5) is 5.69 Å². The Morgan fingerprint density at radius 3 is 2.45 bits per heavy atom. The van der Waals surface area contributed by atoms with Crippen molar-refractivity contribution < 1.29 is 26.3 Å². The Hall–Kier alpha value is -2.14. The van der Waals surface area contributed by atoms with E-state index in [-0.39, 0.29) is 33.9 Å². The van der Waals surface area contributed by atoms with Gasteiger partial charge in [0.05, 0.1) is 28.7 Å². The summed E-state index contributed by atoms with van der Waals surface area (Å²) in [5, 5.41) is 0. The maximum atomic E-state index is 13.0. The van der Waals surface area contributed by atoms with E-state index in [1.807, 2.05) is 0 Å². The number of sulfonamides is 2. The number of nitrogens with one attached hydrogen (secondary N) is 1. The van der Waals surface area contributed by atoms with Gasteiger partial charge in [-0.25, -0.2) is 21.6 Å². The van der Waals surface area contributed by atoms with Crippen LogP contribution in [0.2, 0.25) is 0 Å². The highest BCUT2D eigenvalue weighted by atomic mass is 32.2. The van der Waals surface area contributed by atoms with Crippen LogP contribution >= 0.6 is 0 Å². The number of nitrogens with zero attached hydrogens (tertiary/aromatic N) is 1. The first kappa shape index (κ1) is 21.6. The van der Waals surface area contributed by atoms with Gasteiger partial charge in [-0.15, -0.1) is 0 Å². The van der Waals surface area contributed by atoms with Gasteiger partial charge in [-0.1, -0.05) is 18.2 Å². The van der Waals surface area contributed by atoms with Gasteiger partial charge in [0, 0.05) is 20.2 Å². The van der Waals surface area contributed by atoms with Crippen molar-refractivity contribution in [2.24, 2.45) is 0 Å². The molecule has 0 saturated carbocycles. The lowest BCUT2D eigenvalue weighted by Crippen LogP contribution is -2.32. The predicted molar refractivity (Wildman–Crippen MR) is 109 cm³/mol. The van der Waals surface area contributed by atoms with Gasteiger partial charge in [0.15, 0.2) is 0 Å². The minimum Gasteiger partial charge on any atom is -0.495 e. The van der Waals surface area contributed by atoms with Crippen molar-refractivity contribution in [1.29, 1.82) is 0 Å². The van der Waals surface area contributed by atoms with Crippen LogP contribution in [0.5, 0.6) is 5.75 Å². The second-order valence-electron chi connectivity index (χ2n) is 6.61. The van der Waals surface area contributed by atoms with Crippen LogP contribution < -0.4 is 13.8 Å². The van der Waals surface area contributed by atoms with Gasteiger partial charge in [0.25, 0.3) is 10.0 Å². The molecule has 0 amide bonds. The van der Waals surface area contributed by atoms with Crippen molar-refractivity contribution in [3.05, 3.63) is 48.5 Å². The van der Waals surface area contributed by atoms with E-state index in [1.54, 1.807) is 18.2 Å². The summed E-state index contributed by atoms with van der Waals surface area (Å²) >= 11 is 0. The lowest BCUT2D eigenvalue weighted by molar-refractivity contribution is 0.114. The third-order valence-electron chi connectivity index (χ3n) is 4.73. The summed E-state index contributed by atoms with van der Waals surface area (Å²) in [6.45, 7) is 0.795. The minimum atomic E-state index is -3.89. The fraction of sp³-hybridized carbons (Fsp3) is 0.368. The van der Waals surface area contributed by atoms with Gasteiger partial charge >= 0.3 is 0 Å². The molecule has 0 spiro atoms. The summed E-state index contributed by atoms with van der Waals surface area (Å²) < 4.78 is 65.6. The number of ether oxygens (including phenoxy) is 2. The first-order valence-electron chi connectivity index (χ1n) is 9.09. The number of methoxy groups -OCH3 is 1. The molecule has 10 heteroatoms. The van der Waals surface area contributed by atoms with Gasteiger partial charge in [-0.05, 0) is 43.2 Å². The maximum absolute atomic E-state index is 13.0. The van der Waals surface area contributed by atoms with Crippen LogP contribution in [0.3, 0.4) is 0 Å². The fourth-order valence-electron chi connectivity index (χ4n) is 3.05. The first-order chi connectivity index (χ1) is 13.8. The maximum Gasteiger partial charge on any atom is 0.264 e. The molecule has 0 radical (unpaired) electrons. The van der Waals surface area contributed by atoms with Gasteiger partial charge in [-0.3, -0.25) is 4.31 Å². The smallest absolute Gasteiger partial charge is 0.264 e. The van der Waals surface area contributed by atoms with Crippen molar-refractivity contribution in [3.8, 4) is 5.75 Å². The molecular formula is C19H24N2O6S2. The Kier molecular flexibility index (Phi) is 6.47. The molecule has 1 saturated heterocycles. The van der Waals surface area contributed by atoms with Crippen molar-refractivity contribution in [3.63, 3.8) is 0 Å². The molecule has 29 heavy (non-hydrogen) atoms. The predicted octanol–water partition coefficient (Wildman–Crippen LogP) is 1.98. The first-order valence-corrected chi connectivity index (χ1v) is 12.0. The number of rotatable bonds is 8. The number of hydrogen-bond acceptors (Lipinski definition) is 6. The summed E-state index contributed by atoms with van der Waals surface area (Å²) in [6.07, 6.45) is 1.55. The Balaban J connectivity index is 1.92. The van der Waals surface area contributed by atoms with Crippen molar-refractivity contribution >= 4 is 25.7 Å². The Labute approximate surface area is 171 Å². The third-order valence-corrected chi connectivity index (χ3v) is 7.93. The van der Waals surface area contributed by atoms with Crippen molar-refractivity contribution in [2.45, 2.75) is 28.7 Å². The summed E-state index contributed by atoms with van der Waals surface area (Å²) in [6, 6.07) is 12.0. The van der Waals surface area contributed by atoms with Crippen LogP contribution in [-0.2, 0) is 24.8 Å². The molecule has 1 aliphatic heterocycles. The molecule has 0 unspecified atom stereocenters. The zero-order chi connectivity index (χ0) is 21.1. The molecule has 1 heterocycles. The molecule has 0 aromatic heterocycles. The van der Waals surface area contributed by atoms with E-state index in [4.69, 9.17) is 9.47 Å². The fourth-order valence-corrected chi connectivity index (χ4v) is 5.36. The standard InChI is InChI=1S/C19H24N2O6S2/c1-21(29(24,25)16-8-4-3-5-9-16)18-13-17(10-11-19(18)26-2)28(22,23)20-14-15-7-6-12-27-15/h3-5,8-11,13,15,20H,6-7,12,14H2,1-2H3/t15-/m0/s1. The Morgan fingerprint density at radius 2 is 1.83 bits per heavy atom. The molecule has 1 fully saturated rings. The van der Waals surface area contributed by atoms with E-state index in [0.29, 0.717) is 6.61 Å². The quantitative estimate of drug-likeness (QED) is 0.673. The molecule has 2 aromatic carbocycles. The van der Waals surface area contributed by atoms with E-state index in [0.717, 1.165) is 17.1 Å². The van der Waals surface area contributed by atoms with Gasteiger partial charge in [0.1, 0.15) is 5.75 Å². The molecule has 1 N–H and O–H groups in total. The van der Waals surface area contributed by atoms with E-state index in [2.05, 4.69) is 4.72 Å². The van der Waals surface area contributed by atoms with Gasteiger partial charge < -0.3 is 9.47 Å². The normalized spacial score (nSPS) is 17.2. The third kappa shape index (κ3) is 4.72. The van der Waals surface area contributed by atoms with Gasteiger partial charge in [0.2, 0.25) is 10.0 Å². The van der Waals surface area contributed by atoms with Gasteiger partial charge in [-0.2, -0.15) is 0 Å². The molecule has 8 nitrogen and oxygen atoms in total. The summed E-state index contributed by atoms with van der Waals surface area (Å²) in [5.41, 5.74) is 0.122. The monoisotopic (exact) mass is 440 g/mol. The zero-order valence-corrected chi connectivity index (χ0v) is 17.9. The highest BCUT2D eigenvalue weighted by molar-refractivity contribution is 7.92. The molecular weight excluding hydrogens is 416 g/mol. The molecule has 0 bridgehead atoms. The second-order valence-corrected chi connectivity index (χ2v) is 10.3. The summed E-state index contributed by atoms with van der Waals surface area (Å²) in [7, 11) is -4.99. The zero-order valence-electron chi connectivity index (χ0n) is 16.2. The number of hydrogen-bond donors (Lipinski definition) is 1. The van der Waals surface area contributed by atoms with Crippen molar-refractivity contribution in [2.75, 3.05) is 31.6 Å². The van der Waals surface area contributed by atoms with Crippen LogP contribution in [-0.4, -0.2) is 50.2 Å². The number of benzene rings is 2. The van der Waals surface area contributed by atoms with E-state index in [1.165, 1.54) is 44.5 Å². The molecule has 0 aliphatic carbocycles. The Morgan fingerprint density at radius 1 is 1.10 bits per heavy atom.